The zero-order valence-electron chi connectivity index (χ0n) is 11.9. The quantitative estimate of drug-likeness (QED) is 0.749. The van der Waals surface area contributed by atoms with Crippen LogP contribution in [0.25, 0.3) is 22.4 Å². The average molecular weight is 298 g/mol. The number of ether oxygens (including phenoxy) is 1. The molecule has 0 amide bonds. The van der Waals surface area contributed by atoms with Crippen LogP contribution < -0.4 is 9.30 Å². The Hall–Kier alpha value is -2.33. The molecule has 0 fully saturated rings. The highest BCUT2D eigenvalue weighted by Gasteiger charge is 2.14. The van der Waals surface area contributed by atoms with Crippen LogP contribution >= 0.6 is 11.3 Å². The van der Waals surface area contributed by atoms with Gasteiger partial charge in [-0.3, -0.25) is 0 Å². The molecule has 1 N–H and O–H groups in total. The van der Waals surface area contributed by atoms with Crippen LogP contribution in [0, 0.1) is 0 Å². The molecule has 4 heteroatoms. The molecule has 106 valence electrons. The molecule has 0 atom stereocenters. The smallest absolute Gasteiger partial charge is 0.262 e. The first kappa shape index (κ1) is 13.6. The van der Waals surface area contributed by atoms with Gasteiger partial charge in [0.15, 0.2) is 0 Å². The summed E-state index contributed by atoms with van der Waals surface area (Å²) in [6, 6.07) is 13.4. The van der Waals surface area contributed by atoms with E-state index >= 15 is 0 Å². The van der Waals surface area contributed by atoms with Gasteiger partial charge in [0.25, 0.3) is 5.01 Å². The van der Waals surface area contributed by atoms with Crippen LogP contribution in [0.3, 0.4) is 0 Å². The number of phenolic OH excluding ortho intramolecular Hbond substituents is 1. The minimum absolute atomic E-state index is 0.293. The van der Waals surface area contributed by atoms with E-state index in [0.717, 1.165) is 26.5 Å². The fraction of sp³-hybridized carbons (Fsp3) is 0.118. The Morgan fingerprint density at radius 3 is 2.57 bits per heavy atom. The molecule has 0 spiro atoms. The van der Waals surface area contributed by atoms with Crippen molar-refractivity contribution in [2.24, 2.45) is 7.05 Å². The number of benzene rings is 2. The Morgan fingerprint density at radius 1 is 1.10 bits per heavy atom. The summed E-state index contributed by atoms with van der Waals surface area (Å²) in [4.78, 5) is 0. The molecule has 3 aromatic rings. The van der Waals surface area contributed by atoms with E-state index < -0.39 is 0 Å². The molecule has 1 aromatic heterocycles. The van der Waals surface area contributed by atoms with Crippen LogP contribution in [0.1, 0.15) is 10.6 Å². The Bertz CT molecular complexity index is 804. The van der Waals surface area contributed by atoms with Crippen molar-refractivity contribution >= 4 is 33.7 Å². The number of methoxy groups -OCH3 is 1. The second-order valence-electron chi connectivity index (χ2n) is 4.76. The van der Waals surface area contributed by atoms with Crippen molar-refractivity contribution in [3.8, 4) is 11.5 Å². The van der Waals surface area contributed by atoms with E-state index in [2.05, 4.69) is 16.7 Å². The first-order valence-electron chi connectivity index (χ1n) is 6.61. The lowest BCUT2D eigenvalue weighted by molar-refractivity contribution is -0.642. The lowest BCUT2D eigenvalue weighted by Gasteiger charge is -1.98. The molecule has 2 aromatic carbocycles. The molecule has 0 bridgehead atoms. The average Bonchev–Trinajstić information content (AvgIpc) is 2.82. The van der Waals surface area contributed by atoms with Gasteiger partial charge in [-0.25, -0.2) is 0 Å². The normalized spacial score (nSPS) is 11.3. The fourth-order valence-electron chi connectivity index (χ4n) is 2.18. The van der Waals surface area contributed by atoms with Gasteiger partial charge in [0.2, 0.25) is 5.52 Å². The summed E-state index contributed by atoms with van der Waals surface area (Å²) in [6.07, 6.45) is 4.16. The maximum Gasteiger partial charge on any atom is 0.262 e. The molecule has 0 aliphatic heterocycles. The number of fused-ring (bicyclic) bond motifs is 1. The van der Waals surface area contributed by atoms with Crippen LogP contribution in [-0.4, -0.2) is 12.2 Å². The van der Waals surface area contributed by atoms with Crippen molar-refractivity contribution < 1.29 is 14.4 Å². The summed E-state index contributed by atoms with van der Waals surface area (Å²) >= 11 is 1.70. The van der Waals surface area contributed by atoms with Gasteiger partial charge >= 0.3 is 0 Å². The molecular weight excluding hydrogens is 282 g/mol. The second-order valence-corrected chi connectivity index (χ2v) is 5.82. The van der Waals surface area contributed by atoms with E-state index in [1.165, 1.54) is 0 Å². The number of phenols is 1. The minimum atomic E-state index is 0.293. The molecule has 0 radical (unpaired) electrons. The number of rotatable bonds is 3. The first-order valence-corrected chi connectivity index (χ1v) is 7.43. The van der Waals surface area contributed by atoms with E-state index in [1.807, 2.05) is 37.4 Å². The first-order chi connectivity index (χ1) is 10.2. The molecule has 1 heterocycles. The predicted molar refractivity (Wildman–Crippen MR) is 86.6 cm³/mol. The third-order valence-corrected chi connectivity index (χ3v) is 4.57. The number of aromatic hydroxyl groups is 1. The highest BCUT2D eigenvalue weighted by atomic mass is 32.1. The van der Waals surface area contributed by atoms with Crippen molar-refractivity contribution in [2.75, 3.05) is 7.11 Å². The van der Waals surface area contributed by atoms with Gasteiger partial charge in [-0.1, -0.05) is 23.5 Å². The molecule has 0 saturated heterocycles. The standard InChI is InChI=1S/C17H15NO2S/c1-18-15-11-13(19)6-9-16(15)21-17(18)10-5-12-3-7-14(20-2)8-4-12/h3-11H,1-2H3/p+1. The van der Waals surface area contributed by atoms with Crippen LogP contribution in [-0.2, 0) is 7.05 Å². The summed E-state index contributed by atoms with van der Waals surface area (Å²) < 4.78 is 8.39. The van der Waals surface area contributed by atoms with Gasteiger partial charge in [-0.15, -0.1) is 0 Å². The van der Waals surface area contributed by atoms with Gasteiger partial charge in [0, 0.05) is 6.08 Å². The SMILES string of the molecule is COc1ccc(C=Cc2sc3ccc(O)cc3[n+]2C)cc1. The Balaban J connectivity index is 1.93. The van der Waals surface area contributed by atoms with E-state index in [1.54, 1.807) is 30.6 Å². The largest absolute Gasteiger partial charge is 0.508 e. The summed E-state index contributed by atoms with van der Waals surface area (Å²) in [5.74, 6) is 1.15. The van der Waals surface area contributed by atoms with Crippen LogP contribution in [0.4, 0.5) is 0 Å². The van der Waals surface area contributed by atoms with Crippen molar-refractivity contribution in [2.45, 2.75) is 0 Å². The molecule has 3 nitrogen and oxygen atoms in total. The summed E-state index contributed by atoms with van der Waals surface area (Å²) in [7, 11) is 3.67. The number of aryl methyl sites for hydroxylation is 1. The summed E-state index contributed by atoms with van der Waals surface area (Å²) in [5, 5.41) is 10.7. The monoisotopic (exact) mass is 298 g/mol. The molecule has 21 heavy (non-hydrogen) atoms. The highest BCUT2D eigenvalue weighted by molar-refractivity contribution is 7.18. The van der Waals surface area contributed by atoms with Gasteiger partial charge < -0.3 is 9.84 Å². The molecule has 0 saturated carbocycles. The zero-order valence-corrected chi connectivity index (χ0v) is 12.7. The van der Waals surface area contributed by atoms with E-state index in [9.17, 15) is 5.11 Å². The number of nitrogens with zero attached hydrogens (tertiary/aromatic N) is 1. The number of aromatic nitrogens is 1. The summed E-state index contributed by atoms with van der Waals surface area (Å²) in [5.41, 5.74) is 2.16. The third-order valence-electron chi connectivity index (χ3n) is 3.38. The van der Waals surface area contributed by atoms with Crippen LogP contribution in [0.5, 0.6) is 11.5 Å². The zero-order chi connectivity index (χ0) is 14.8. The topological polar surface area (TPSA) is 33.3 Å². The van der Waals surface area contributed by atoms with Crippen molar-refractivity contribution in [1.82, 2.24) is 0 Å². The second kappa shape index (κ2) is 5.58. The van der Waals surface area contributed by atoms with Gasteiger partial charge in [0.05, 0.1) is 13.2 Å². The molecule has 0 aliphatic carbocycles. The number of hydrogen-bond donors (Lipinski definition) is 1. The van der Waals surface area contributed by atoms with Crippen LogP contribution in [0.15, 0.2) is 42.5 Å². The minimum Gasteiger partial charge on any atom is -0.508 e. The Kier molecular flexibility index (Phi) is 3.62. The van der Waals surface area contributed by atoms with Crippen molar-refractivity contribution in [1.29, 1.82) is 0 Å². The van der Waals surface area contributed by atoms with Crippen molar-refractivity contribution in [3.05, 3.63) is 53.0 Å². The molecule has 0 aliphatic rings. The molecular formula is C17H16NO2S+. The van der Waals surface area contributed by atoms with Crippen LogP contribution in [0.2, 0.25) is 0 Å². The lowest BCUT2D eigenvalue weighted by Crippen LogP contribution is -2.28. The number of hydrogen-bond acceptors (Lipinski definition) is 3. The van der Waals surface area contributed by atoms with E-state index in [4.69, 9.17) is 4.74 Å². The molecule has 0 unspecified atom stereocenters. The van der Waals surface area contributed by atoms with Gasteiger partial charge in [-0.05, 0) is 35.9 Å². The Morgan fingerprint density at radius 2 is 1.86 bits per heavy atom. The van der Waals surface area contributed by atoms with E-state index in [-0.39, 0.29) is 0 Å². The molecule has 3 rings (SSSR count). The highest BCUT2D eigenvalue weighted by Crippen LogP contribution is 2.25. The van der Waals surface area contributed by atoms with Crippen molar-refractivity contribution in [3.63, 3.8) is 0 Å². The van der Waals surface area contributed by atoms with Gasteiger partial charge in [0.1, 0.15) is 23.2 Å². The summed E-state index contributed by atoms with van der Waals surface area (Å²) in [6.45, 7) is 0. The predicted octanol–water partition coefficient (Wildman–Crippen LogP) is 3.61. The third kappa shape index (κ3) is 2.76. The fourth-order valence-corrected chi connectivity index (χ4v) is 3.22. The number of thiazole rings is 1. The maximum absolute atomic E-state index is 9.58. The van der Waals surface area contributed by atoms with E-state index in [0.29, 0.717) is 5.75 Å². The lowest BCUT2D eigenvalue weighted by atomic mass is 10.2. The maximum atomic E-state index is 9.58. The van der Waals surface area contributed by atoms with Gasteiger partial charge in [-0.2, -0.15) is 4.57 Å². The Labute approximate surface area is 127 Å².